The van der Waals surface area contributed by atoms with Crippen molar-refractivity contribution < 1.29 is 9.47 Å². The Kier molecular flexibility index (Phi) is 4.26. The van der Waals surface area contributed by atoms with Crippen LogP contribution in [-0.2, 0) is 0 Å². The minimum absolute atomic E-state index is 0.169. The number of hydrogen-bond acceptors (Lipinski definition) is 2. The fourth-order valence-corrected chi connectivity index (χ4v) is 3.58. The van der Waals surface area contributed by atoms with E-state index in [0.717, 1.165) is 22.8 Å². The number of benzene rings is 3. The molecular weight excluding hydrogens is 320 g/mol. The van der Waals surface area contributed by atoms with Crippen LogP contribution >= 0.6 is 0 Å². The van der Waals surface area contributed by atoms with Gasteiger partial charge in [0.25, 0.3) is 0 Å². The third kappa shape index (κ3) is 2.88. The lowest BCUT2D eigenvalue weighted by atomic mass is 9.82. The molecule has 130 valence electrons. The van der Waals surface area contributed by atoms with Crippen LogP contribution in [0.15, 0.2) is 78.4 Å². The van der Waals surface area contributed by atoms with Crippen molar-refractivity contribution in [1.82, 2.24) is 0 Å². The van der Waals surface area contributed by atoms with Crippen LogP contribution in [0, 0.1) is 6.92 Å². The van der Waals surface area contributed by atoms with Crippen LogP contribution in [0.3, 0.4) is 0 Å². The number of allylic oxidation sites excluding steroid dienone is 1. The zero-order valence-electron chi connectivity index (χ0n) is 15.3. The van der Waals surface area contributed by atoms with Gasteiger partial charge in [0.1, 0.15) is 17.3 Å². The van der Waals surface area contributed by atoms with Gasteiger partial charge in [-0.05, 0) is 43.2 Å². The Morgan fingerprint density at radius 2 is 1.50 bits per heavy atom. The molecule has 3 aromatic rings. The molecule has 1 aliphatic rings. The Morgan fingerprint density at radius 3 is 2.19 bits per heavy atom. The lowest BCUT2D eigenvalue weighted by Crippen LogP contribution is -2.14. The third-order valence-corrected chi connectivity index (χ3v) is 5.00. The fraction of sp³-hybridized carbons (Fsp3) is 0.167. The summed E-state index contributed by atoms with van der Waals surface area (Å²) in [5.41, 5.74) is 6.02. The van der Waals surface area contributed by atoms with E-state index in [-0.39, 0.29) is 5.92 Å². The van der Waals surface area contributed by atoms with Crippen molar-refractivity contribution in [3.05, 3.63) is 101 Å². The molecule has 1 aliphatic heterocycles. The van der Waals surface area contributed by atoms with Gasteiger partial charge < -0.3 is 9.47 Å². The minimum atomic E-state index is 0.169. The van der Waals surface area contributed by atoms with Crippen LogP contribution < -0.4 is 9.47 Å². The van der Waals surface area contributed by atoms with Crippen molar-refractivity contribution in [2.45, 2.75) is 19.8 Å². The number of rotatable bonds is 3. The highest BCUT2D eigenvalue weighted by Gasteiger charge is 2.28. The van der Waals surface area contributed by atoms with Crippen molar-refractivity contribution in [1.29, 1.82) is 0 Å². The van der Waals surface area contributed by atoms with Gasteiger partial charge in [0.2, 0.25) is 0 Å². The molecule has 0 aliphatic carbocycles. The van der Waals surface area contributed by atoms with Crippen LogP contribution in [0.5, 0.6) is 11.5 Å². The minimum Gasteiger partial charge on any atom is -0.497 e. The summed E-state index contributed by atoms with van der Waals surface area (Å²) < 4.78 is 11.6. The van der Waals surface area contributed by atoms with Crippen LogP contribution in [0.4, 0.5) is 0 Å². The topological polar surface area (TPSA) is 18.5 Å². The van der Waals surface area contributed by atoms with Crippen molar-refractivity contribution in [3.8, 4) is 11.5 Å². The monoisotopic (exact) mass is 342 g/mol. The molecule has 1 atom stereocenters. The van der Waals surface area contributed by atoms with Gasteiger partial charge in [-0.3, -0.25) is 0 Å². The zero-order valence-corrected chi connectivity index (χ0v) is 15.3. The molecule has 0 spiro atoms. The van der Waals surface area contributed by atoms with E-state index in [1.165, 1.54) is 22.3 Å². The molecule has 2 heteroatoms. The summed E-state index contributed by atoms with van der Waals surface area (Å²) in [5.74, 6) is 2.91. The molecule has 0 fully saturated rings. The molecular formula is C24H22O2. The molecule has 0 N–H and O–H groups in total. The maximum Gasteiger partial charge on any atom is 0.134 e. The molecule has 0 bridgehead atoms. The summed E-state index contributed by atoms with van der Waals surface area (Å²) >= 11 is 0. The highest BCUT2D eigenvalue weighted by Crippen LogP contribution is 2.45. The molecule has 0 amide bonds. The first-order valence-electron chi connectivity index (χ1n) is 8.86. The second kappa shape index (κ2) is 6.72. The summed E-state index contributed by atoms with van der Waals surface area (Å²) in [5, 5.41) is 0. The van der Waals surface area contributed by atoms with E-state index in [1.807, 2.05) is 24.3 Å². The first kappa shape index (κ1) is 16.5. The summed E-state index contributed by atoms with van der Waals surface area (Å²) in [6.45, 7) is 4.27. The van der Waals surface area contributed by atoms with Gasteiger partial charge in [-0.15, -0.1) is 0 Å². The molecule has 0 saturated heterocycles. The lowest BCUT2D eigenvalue weighted by molar-refractivity contribution is 0.414. The molecule has 0 saturated carbocycles. The number of fused-ring (bicyclic) bond motifs is 1. The van der Waals surface area contributed by atoms with E-state index in [0.29, 0.717) is 0 Å². The lowest BCUT2D eigenvalue weighted by Gasteiger charge is -2.30. The Morgan fingerprint density at radius 1 is 0.808 bits per heavy atom. The van der Waals surface area contributed by atoms with E-state index in [2.05, 4.69) is 62.4 Å². The van der Waals surface area contributed by atoms with Gasteiger partial charge in [0, 0.05) is 17.0 Å². The number of hydrogen-bond donors (Lipinski definition) is 0. The molecule has 2 nitrogen and oxygen atoms in total. The van der Waals surface area contributed by atoms with Gasteiger partial charge in [-0.25, -0.2) is 0 Å². The van der Waals surface area contributed by atoms with Crippen LogP contribution in [0.2, 0.25) is 0 Å². The predicted octanol–water partition coefficient (Wildman–Crippen LogP) is 5.96. The SMILES string of the molecule is COc1ccc([C@@H]2C(C)=C(c3ccc(C)cc3)Oc3ccccc32)cc1. The van der Waals surface area contributed by atoms with Gasteiger partial charge in [-0.2, -0.15) is 0 Å². The van der Waals surface area contributed by atoms with Crippen LogP contribution in [-0.4, -0.2) is 7.11 Å². The molecule has 26 heavy (non-hydrogen) atoms. The molecule has 0 radical (unpaired) electrons. The second-order valence-corrected chi connectivity index (χ2v) is 6.72. The largest absolute Gasteiger partial charge is 0.497 e. The standard InChI is InChI=1S/C24H22O2/c1-16-8-10-19(11-9-16)24-17(2)23(18-12-14-20(25-3)15-13-18)21-6-4-5-7-22(21)26-24/h4-15,23H,1-3H3/t23-/m0/s1. The van der Waals surface area contributed by atoms with Crippen molar-refractivity contribution in [3.63, 3.8) is 0 Å². The highest BCUT2D eigenvalue weighted by atomic mass is 16.5. The van der Waals surface area contributed by atoms with E-state index >= 15 is 0 Å². The first-order chi connectivity index (χ1) is 12.7. The average molecular weight is 342 g/mol. The van der Waals surface area contributed by atoms with Gasteiger partial charge in [0.15, 0.2) is 0 Å². The molecule has 1 heterocycles. The van der Waals surface area contributed by atoms with Crippen molar-refractivity contribution in [2.24, 2.45) is 0 Å². The fourth-order valence-electron chi connectivity index (χ4n) is 3.58. The maximum absolute atomic E-state index is 6.32. The zero-order chi connectivity index (χ0) is 18.1. The van der Waals surface area contributed by atoms with E-state index < -0.39 is 0 Å². The number of methoxy groups -OCH3 is 1. The normalized spacial score (nSPS) is 16.0. The molecule has 4 rings (SSSR count). The van der Waals surface area contributed by atoms with Gasteiger partial charge in [0.05, 0.1) is 7.11 Å². The summed E-state index contributed by atoms with van der Waals surface area (Å²) in [7, 11) is 1.69. The van der Waals surface area contributed by atoms with E-state index in [9.17, 15) is 0 Å². The average Bonchev–Trinajstić information content (AvgIpc) is 2.68. The molecule has 0 unspecified atom stereocenters. The van der Waals surface area contributed by atoms with Crippen molar-refractivity contribution in [2.75, 3.05) is 7.11 Å². The Bertz CT molecular complexity index is 950. The quantitative estimate of drug-likeness (QED) is 0.585. The third-order valence-electron chi connectivity index (χ3n) is 5.00. The van der Waals surface area contributed by atoms with E-state index in [1.54, 1.807) is 7.11 Å². The molecule has 0 aromatic heterocycles. The number of aryl methyl sites for hydroxylation is 1. The second-order valence-electron chi connectivity index (χ2n) is 6.72. The van der Waals surface area contributed by atoms with Crippen molar-refractivity contribution >= 4 is 5.76 Å². The Balaban J connectivity index is 1.86. The van der Waals surface area contributed by atoms with Crippen LogP contribution in [0.1, 0.15) is 35.1 Å². The summed E-state index contributed by atoms with van der Waals surface area (Å²) in [6.07, 6.45) is 0. The Hall–Kier alpha value is -3.00. The van der Waals surface area contributed by atoms with E-state index in [4.69, 9.17) is 9.47 Å². The van der Waals surface area contributed by atoms with Gasteiger partial charge in [-0.1, -0.05) is 60.2 Å². The summed E-state index contributed by atoms with van der Waals surface area (Å²) in [4.78, 5) is 0. The summed E-state index contributed by atoms with van der Waals surface area (Å²) in [6, 6.07) is 25.1. The smallest absolute Gasteiger partial charge is 0.134 e. The molecule has 3 aromatic carbocycles. The predicted molar refractivity (Wildman–Crippen MR) is 106 cm³/mol. The maximum atomic E-state index is 6.32. The Labute approximate surface area is 154 Å². The highest BCUT2D eigenvalue weighted by molar-refractivity contribution is 5.72. The number of ether oxygens (including phenoxy) is 2. The van der Waals surface area contributed by atoms with Crippen LogP contribution in [0.25, 0.3) is 5.76 Å². The first-order valence-corrected chi connectivity index (χ1v) is 8.86. The number of para-hydroxylation sites is 1. The van der Waals surface area contributed by atoms with Gasteiger partial charge >= 0.3 is 0 Å².